The highest BCUT2D eigenvalue weighted by molar-refractivity contribution is 6.14. The Labute approximate surface area is 66.3 Å². The Kier molecular flexibility index (Phi) is 11.8. The molecule has 7 heavy (non-hydrogen) atoms. The van der Waals surface area contributed by atoms with E-state index in [2.05, 4.69) is 37.1 Å². The van der Waals surface area contributed by atoms with E-state index in [1.54, 1.807) is 0 Å². The second-order valence-electron chi connectivity index (χ2n) is 2.37. The van der Waals surface area contributed by atoms with E-state index in [0.717, 1.165) is 0 Å². The van der Waals surface area contributed by atoms with Gasteiger partial charge in [-0.15, -0.1) is 29.1 Å². The van der Waals surface area contributed by atoms with Gasteiger partial charge in [-0.2, -0.15) is 0 Å². The summed E-state index contributed by atoms with van der Waals surface area (Å²) in [5.74, 6) is 0. The van der Waals surface area contributed by atoms with E-state index >= 15 is 0 Å². The summed E-state index contributed by atoms with van der Waals surface area (Å²) in [6, 6.07) is 0. The van der Waals surface area contributed by atoms with Crippen molar-refractivity contribution < 1.29 is 0 Å². The normalized spacial score (nSPS) is 8.43. The lowest BCUT2D eigenvalue weighted by molar-refractivity contribution is 0.767. The maximum absolute atomic E-state index is 2.72. The predicted molar refractivity (Wildman–Crippen MR) is 40.0 cm³/mol. The molecular formula is C4H11AlCl2. The molecule has 0 nitrogen and oxygen atoms in total. The Balaban J connectivity index is -0.0000000800. The van der Waals surface area contributed by atoms with Crippen LogP contribution in [0.25, 0.3) is 0 Å². The summed E-state index contributed by atoms with van der Waals surface area (Å²) in [5, 5.41) is 0. The van der Waals surface area contributed by atoms with Gasteiger partial charge in [0.05, 0.1) is 0 Å². The predicted octanol–water partition coefficient (Wildman–Crippen LogP) is 2.22. The van der Waals surface area contributed by atoms with Crippen molar-refractivity contribution in [2.24, 2.45) is 0 Å². The Hall–Kier alpha value is 1.11. The maximum atomic E-state index is 2.72. The second-order valence-corrected chi connectivity index (χ2v) is 4.10. The smallest absolute Gasteiger partial charge is 0.128 e. The fourth-order valence-corrected chi connectivity index (χ4v) is 0. The van der Waals surface area contributed by atoms with Gasteiger partial charge in [0.2, 0.25) is 0 Å². The molecule has 44 valence electrons. The molecule has 0 spiro atoms. The fourth-order valence-electron chi connectivity index (χ4n) is 0. The van der Waals surface area contributed by atoms with Gasteiger partial charge >= 0.3 is 0 Å². The van der Waals surface area contributed by atoms with Crippen LogP contribution < -0.4 is 0 Å². The maximum Gasteiger partial charge on any atom is 0.128 e. The molecule has 0 amide bonds. The lowest BCUT2D eigenvalue weighted by Gasteiger charge is -2.06. The molecule has 0 atom stereocenters. The minimum absolute atomic E-state index is 0. The molecule has 0 unspecified atom stereocenters. The highest BCUT2D eigenvalue weighted by Crippen LogP contribution is 2.13. The summed E-state index contributed by atoms with van der Waals surface area (Å²) >= 11 is 2.72. The highest BCUT2D eigenvalue weighted by atomic mass is 35.5. The SMILES string of the molecule is C[C](C)(C)[Al].Cl.Cl. The third kappa shape index (κ3) is 150. The summed E-state index contributed by atoms with van der Waals surface area (Å²) in [7, 11) is 0. The zero-order valence-electron chi connectivity index (χ0n) is 4.89. The molecule has 2 radical (unpaired) electrons. The molecule has 0 aromatic heterocycles. The van der Waals surface area contributed by atoms with E-state index in [9.17, 15) is 0 Å². The Morgan fingerprint density at radius 1 is 1.00 bits per heavy atom. The van der Waals surface area contributed by atoms with E-state index in [4.69, 9.17) is 0 Å². The standard InChI is InChI=1S/C4H9.Al.2ClH/c1-4(2)3;;;/h1-3H3;;2*1H. The van der Waals surface area contributed by atoms with Crippen molar-refractivity contribution >= 4 is 41.1 Å². The quantitative estimate of drug-likeness (QED) is 0.473. The van der Waals surface area contributed by atoms with Crippen molar-refractivity contribution in [2.75, 3.05) is 0 Å². The van der Waals surface area contributed by atoms with Crippen LogP contribution in [-0.2, 0) is 0 Å². The fraction of sp³-hybridized carbons (Fsp3) is 1.00. The van der Waals surface area contributed by atoms with Crippen LogP contribution in [0.15, 0.2) is 0 Å². The summed E-state index contributed by atoms with van der Waals surface area (Å²) in [6.45, 7) is 6.45. The molecule has 0 fully saturated rings. The minimum atomic E-state index is 0. The van der Waals surface area contributed by atoms with Crippen LogP contribution >= 0.6 is 24.8 Å². The summed E-state index contributed by atoms with van der Waals surface area (Å²) in [4.78, 5) is 0. The molecule has 0 aromatic carbocycles. The molecule has 0 aliphatic heterocycles. The first-order chi connectivity index (χ1) is 2.00. The molecule has 0 rings (SSSR count). The Bertz CT molecular complexity index is 25.2. The molecule has 0 bridgehead atoms. The van der Waals surface area contributed by atoms with Gasteiger partial charge in [0, 0.05) is 0 Å². The zero-order chi connectivity index (χ0) is 4.50. The van der Waals surface area contributed by atoms with E-state index in [0.29, 0.717) is 4.28 Å². The first-order valence-electron chi connectivity index (χ1n) is 1.79. The van der Waals surface area contributed by atoms with Gasteiger partial charge in [0.25, 0.3) is 0 Å². The molecular weight excluding hydrogens is 146 g/mol. The number of halogens is 2. The van der Waals surface area contributed by atoms with E-state index < -0.39 is 0 Å². The third-order valence-electron chi connectivity index (χ3n) is 0. The second kappa shape index (κ2) is 5.25. The average Bonchev–Trinajstić information content (AvgIpc) is 0.722. The Morgan fingerprint density at radius 3 is 1.00 bits per heavy atom. The van der Waals surface area contributed by atoms with Crippen LogP contribution in [-0.4, -0.2) is 16.3 Å². The zero-order valence-corrected chi connectivity index (χ0v) is 7.68. The molecule has 0 aliphatic rings. The lowest BCUT2D eigenvalue weighted by atomic mass is 10.2. The molecule has 0 heterocycles. The first-order valence-corrected chi connectivity index (χ1v) is 2.37. The van der Waals surface area contributed by atoms with Gasteiger partial charge in [0.1, 0.15) is 16.3 Å². The van der Waals surface area contributed by atoms with Crippen LogP contribution in [0.4, 0.5) is 0 Å². The van der Waals surface area contributed by atoms with Gasteiger partial charge < -0.3 is 0 Å². The molecule has 0 N–H and O–H groups in total. The van der Waals surface area contributed by atoms with Gasteiger partial charge in [-0.25, -0.2) is 0 Å². The van der Waals surface area contributed by atoms with E-state index in [1.165, 1.54) is 0 Å². The molecule has 0 saturated carbocycles. The van der Waals surface area contributed by atoms with Crippen molar-refractivity contribution in [3.8, 4) is 0 Å². The molecule has 0 saturated heterocycles. The van der Waals surface area contributed by atoms with Gasteiger partial charge in [0.15, 0.2) is 0 Å². The summed E-state index contributed by atoms with van der Waals surface area (Å²) in [5.41, 5.74) is 0. The molecule has 0 aliphatic carbocycles. The van der Waals surface area contributed by atoms with Gasteiger partial charge in [-0.1, -0.05) is 20.8 Å². The average molecular weight is 157 g/mol. The topological polar surface area (TPSA) is 0 Å². The van der Waals surface area contributed by atoms with E-state index in [-0.39, 0.29) is 24.8 Å². The minimum Gasteiger partial charge on any atom is -0.147 e. The lowest BCUT2D eigenvalue weighted by Crippen LogP contribution is -1.90. The first kappa shape index (κ1) is 15.7. The van der Waals surface area contributed by atoms with Crippen molar-refractivity contribution in [1.29, 1.82) is 0 Å². The van der Waals surface area contributed by atoms with Crippen molar-refractivity contribution in [3.05, 3.63) is 0 Å². The Morgan fingerprint density at radius 2 is 1.00 bits per heavy atom. The summed E-state index contributed by atoms with van der Waals surface area (Å²) in [6.07, 6.45) is 0. The van der Waals surface area contributed by atoms with Gasteiger partial charge in [-0.05, 0) is 0 Å². The van der Waals surface area contributed by atoms with Crippen LogP contribution in [0.5, 0.6) is 0 Å². The number of hydrogen-bond acceptors (Lipinski definition) is 0. The summed E-state index contributed by atoms with van der Waals surface area (Å²) < 4.78 is 0.417. The van der Waals surface area contributed by atoms with Crippen molar-refractivity contribution in [2.45, 2.75) is 25.0 Å². The van der Waals surface area contributed by atoms with Crippen LogP contribution in [0.1, 0.15) is 20.8 Å². The number of hydrogen-bond donors (Lipinski definition) is 0. The largest absolute Gasteiger partial charge is 0.147 e. The van der Waals surface area contributed by atoms with E-state index in [1.807, 2.05) is 0 Å². The third-order valence-corrected chi connectivity index (χ3v) is 0. The van der Waals surface area contributed by atoms with Crippen LogP contribution in [0, 0.1) is 0 Å². The van der Waals surface area contributed by atoms with Crippen molar-refractivity contribution in [1.82, 2.24) is 0 Å². The molecule has 0 aromatic rings. The highest BCUT2D eigenvalue weighted by Gasteiger charge is 1.94. The van der Waals surface area contributed by atoms with Crippen LogP contribution in [0.3, 0.4) is 0 Å². The van der Waals surface area contributed by atoms with Crippen molar-refractivity contribution in [3.63, 3.8) is 0 Å². The molecule has 3 heteroatoms. The monoisotopic (exact) mass is 156 g/mol. The number of rotatable bonds is 0. The van der Waals surface area contributed by atoms with Crippen LogP contribution in [0.2, 0.25) is 4.28 Å². The van der Waals surface area contributed by atoms with Gasteiger partial charge in [-0.3, -0.25) is 0 Å².